The molecule has 1 unspecified atom stereocenters. The van der Waals surface area contributed by atoms with Gasteiger partial charge in [-0.05, 0) is 38.7 Å². The van der Waals surface area contributed by atoms with Gasteiger partial charge in [0.05, 0.1) is 5.60 Å². The van der Waals surface area contributed by atoms with Gasteiger partial charge in [0, 0.05) is 19.7 Å². The maximum atomic E-state index is 5.62. The summed E-state index contributed by atoms with van der Waals surface area (Å²) < 4.78 is 5.62. The average Bonchev–Trinajstić information content (AvgIpc) is 2.28. The third-order valence-corrected chi connectivity index (χ3v) is 3.97. The van der Waals surface area contributed by atoms with E-state index in [1.807, 2.05) is 7.11 Å². The molecule has 0 radical (unpaired) electrons. The minimum atomic E-state index is 0.109. The lowest BCUT2D eigenvalue weighted by molar-refractivity contribution is -0.0706. The molecule has 1 aromatic carbocycles. The first-order valence-electron chi connectivity index (χ1n) is 6.50. The van der Waals surface area contributed by atoms with Crippen LogP contribution in [0.15, 0.2) is 24.3 Å². The molecule has 2 nitrogen and oxygen atoms in total. The molecule has 94 valence electrons. The second kappa shape index (κ2) is 5.19. The van der Waals surface area contributed by atoms with Crippen LogP contribution in [-0.2, 0) is 4.74 Å². The van der Waals surface area contributed by atoms with Crippen LogP contribution >= 0.6 is 0 Å². The molecule has 1 N–H and O–H groups in total. The van der Waals surface area contributed by atoms with E-state index in [9.17, 15) is 0 Å². The van der Waals surface area contributed by atoms with Crippen LogP contribution in [0.3, 0.4) is 0 Å². The van der Waals surface area contributed by atoms with Crippen LogP contribution in [0.1, 0.15) is 43.4 Å². The lowest BCUT2D eigenvalue weighted by Gasteiger charge is -2.41. The lowest BCUT2D eigenvalue weighted by atomic mass is 9.80. The Kier molecular flexibility index (Phi) is 3.85. The third kappa shape index (κ3) is 2.88. The van der Waals surface area contributed by atoms with Crippen LogP contribution in [0.5, 0.6) is 0 Å². The van der Waals surface area contributed by atoms with Gasteiger partial charge < -0.3 is 10.1 Å². The Balaban J connectivity index is 1.91. The number of aryl methyl sites for hydroxylation is 1. The first-order valence-corrected chi connectivity index (χ1v) is 6.50. The molecule has 17 heavy (non-hydrogen) atoms. The standard InChI is InChI=1S/C15H23NO/c1-12-6-4-7-14(10-12)13(2)16-11-15(17-3)8-5-9-15/h4,6-7,10,13,16H,5,8-9,11H2,1-3H3. The van der Waals surface area contributed by atoms with Gasteiger partial charge in [0.2, 0.25) is 0 Å². The molecule has 1 fully saturated rings. The molecule has 1 saturated carbocycles. The van der Waals surface area contributed by atoms with Gasteiger partial charge in [-0.2, -0.15) is 0 Å². The Bertz CT molecular complexity index is 365. The second-order valence-corrected chi connectivity index (χ2v) is 5.26. The molecule has 0 amide bonds. The predicted molar refractivity (Wildman–Crippen MR) is 71.2 cm³/mol. The fourth-order valence-electron chi connectivity index (χ4n) is 2.42. The molecule has 1 atom stereocenters. The van der Waals surface area contributed by atoms with E-state index in [0.717, 1.165) is 6.54 Å². The number of hydrogen-bond acceptors (Lipinski definition) is 2. The number of hydrogen-bond donors (Lipinski definition) is 1. The van der Waals surface area contributed by atoms with Gasteiger partial charge in [0.15, 0.2) is 0 Å². The average molecular weight is 233 g/mol. The molecule has 1 aromatic rings. The van der Waals surface area contributed by atoms with E-state index in [1.165, 1.54) is 30.4 Å². The number of benzene rings is 1. The van der Waals surface area contributed by atoms with Crippen molar-refractivity contribution >= 4 is 0 Å². The van der Waals surface area contributed by atoms with Gasteiger partial charge in [-0.15, -0.1) is 0 Å². The normalized spacial score (nSPS) is 19.7. The van der Waals surface area contributed by atoms with Crippen molar-refractivity contribution in [3.63, 3.8) is 0 Å². The highest BCUT2D eigenvalue weighted by Crippen LogP contribution is 2.34. The van der Waals surface area contributed by atoms with E-state index in [0.29, 0.717) is 6.04 Å². The van der Waals surface area contributed by atoms with E-state index < -0.39 is 0 Å². The molecule has 0 spiro atoms. The molecule has 1 aliphatic carbocycles. The molecule has 0 aromatic heterocycles. The number of ether oxygens (including phenoxy) is 1. The molecule has 2 rings (SSSR count). The molecular formula is C15H23NO. The maximum Gasteiger partial charge on any atom is 0.0802 e. The van der Waals surface area contributed by atoms with E-state index >= 15 is 0 Å². The van der Waals surface area contributed by atoms with Crippen molar-refractivity contribution in [2.24, 2.45) is 0 Å². The van der Waals surface area contributed by atoms with Crippen LogP contribution in [0.2, 0.25) is 0 Å². The summed E-state index contributed by atoms with van der Waals surface area (Å²) in [5.41, 5.74) is 2.79. The monoisotopic (exact) mass is 233 g/mol. The molecule has 0 aliphatic heterocycles. The third-order valence-electron chi connectivity index (χ3n) is 3.97. The summed E-state index contributed by atoms with van der Waals surface area (Å²) in [5.74, 6) is 0. The van der Waals surface area contributed by atoms with E-state index in [2.05, 4.69) is 43.4 Å². The van der Waals surface area contributed by atoms with Gasteiger partial charge in [-0.1, -0.05) is 29.8 Å². The van der Waals surface area contributed by atoms with E-state index in [1.54, 1.807) is 0 Å². The smallest absolute Gasteiger partial charge is 0.0802 e. The van der Waals surface area contributed by atoms with Gasteiger partial charge >= 0.3 is 0 Å². The Morgan fingerprint density at radius 1 is 1.41 bits per heavy atom. The van der Waals surface area contributed by atoms with Crippen molar-refractivity contribution in [1.82, 2.24) is 5.32 Å². The Morgan fingerprint density at radius 2 is 2.18 bits per heavy atom. The zero-order valence-corrected chi connectivity index (χ0v) is 11.1. The predicted octanol–water partition coefficient (Wildman–Crippen LogP) is 3.21. The molecule has 0 heterocycles. The van der Waals surface area contributed by atoms with Gasteiger partial charge in [0.1, 0.15) is 0 Å². The minimum absolute atomic E-state index is 0.109. The van der Waals surface area contributed by atoms with E-state index in [4.69, 9.17) is 4.74 Å². The van der Waals surface area contributed by atoms with Crippen molar-refractivity contribution in [2.45, 2.75) is 44.8 Å². The highest BCUT2D eigenvalue weighted by Gasteiger charge is 2.36. The van der Waals surface area contributed by atoms with Crippen LogP contribution < -0.4 is 5.32 Å². The highest BCUT2D eigenvalue weighted by atomic mass is 16.5. The fraction of sp³-hybridized carbons (Fsp3) is 0.600. The quantitative estimate of drug-likeness (QED) is 0.843. The van der Waals surface area contributed by atoms with Crippen LogP contribution in [0, 0.1) is 6.92 Å². The van der Waals surface area contributed by atoms with Crippen molar-refractivity contribution in [2.75, 3.05) is 13.7 Å². The SMILES string of the molecule is COC1(CNC(C)c2cccc(C)c2)CCC1. The van der Waals surface area contributed by atoms with Gasteiger partial charge in [-0.25, -0.2) is 0 Å². The van der Waals surface area contributed by atoms with Gasteiger partial charge in [0.25, 0.3) is 0 Å². The highest BCUT2D eigenvalue weighted by molar-refractivity contribution is 5.24. The molecular weight excluding hydrogens is 210 g/mol. The summed E-state index contributed by atoms with van der Waals surface area (Å²) >= 11 is 0. The fourth-order valence-corrected chi connectivity index (χ4v) is 2.42. The van der Waals surface area contributed by atoms with Gasteiger partial charge in [-0.3, -0.25) is 0 Å². The molecule has 1 aliphatic rings. The molecule has 0 bridgehead atoms. The Hall–Kier alpha value is -0.860. The summed E-state index contributed by atoms with van der Waals surface area (Å²) in [6.07, 6.45) is 3.68. The topological polar surface area (TPSA) is 21.3 Å². The minimum Gasteiger partial charge on any atom is -0.377 e. The van der Waals surface area contributed by atoms with Crippen molar-refractivity contribution in [3.8, 4) is 0 Å². The van der Waals surface area contributed by atoms with Crippen molar-refractivity contribution in [3.05, 3.63) is 35.4 Å². The Morgan fingerprint density at radius 3 is 2.71 bits per heavy atom. The van der Waals surface area contributed by atoms with E-state index in [-0.39, 0.29) is 5.60 Å². The second-order valence-electron chi connectivity index (χ2n) is 5.26. The lowest BCUT2D eigenvalue weighted by Crippen LogP contribution is -2.48. The number of methoxy groups -OCH3 is 1. The first kappa shape index (κ1) is 12.6. The van der Waals surface area contributed by atoms with Crippen molar-refractivity contribution in [1.29, 1.82) is 0 Å². The molecule has 0 saturated heterocycles. The zero-order valence-electron chi connectivity index (χ0n) is 11.1. The van der Waals surface area contributed by atoms with Crippen molar-refractivity contribution < 1.29 is 4.74 Å². The molecule has 2 heteroatoms. The number of rotatable bonds is 5. The summed E-state index contributed by atoms with van der Waals surface area (Å²) in [6, 6.07) is 9.09. The summed E-state index contributed by atoms with van der Waals surface area (Å²) in [6.45, 7) is 5.31. The van der Waals surface area contributed by atoms with Crippen LogP contribution in [0.4, 0.5) is 0 Å². The first-order chi connectivity index (χ1) is 8.15. The largest absolute Gasteiger partial charge is 0.377 e. The summed E-state index contributed by atoms with van der Waals surface area (Å²) in [4.78, 5) is 0. The zero-order chi connectivity index (χ0) is 12.3. The number of nitrogens with one attached hydrogen (secondary N) is 1. The van der Waals surface area contributed by atoms with Crippen LogP contribution in [-0.4, -0.2) is 19.3 Å². The Labute approximate surface area is 104 Å². The maximum absolute atomic E-state index is 5.62. The summed E-state index contributed by atoms with van der Waals surface area (Å²) in [5, 5.41) is 3.59. The van der Waals surface area contributed by atoms with Crippen LogP contribution in [0.25, 0.3) is 0 Å². The summed E-state index contributed by atoms with van der Waals surface area (Å²) in [7, 11) is 1.83.